The Morgan fingerprint density at radius 1 is 1.23 bits per heavy atom. The summed E-state index contributed by atoms with van der Waals surface area (Å²) in [5, 5.41) is 0.654. The van der Waals surface area contributed by atoms with E-state index in [1.54, 1.807) is 31.1 Å². The van der Waals surface area contributed by atoms with Crippen LogP contribution in [0, 0.1) is 0 Å². The van der Waals surface area contributed by atoms with E-state index in [1.165, 1.54) is 12.6 Å². The predicted octanol–water partition coefficient (Wildman–Crippen LogP) is 6.43. The van der Waals surface area contributed by atoms with Gasteiger partial charge < -0.3 is 10.6 Å². The van der Waals surface area contributed by atoms with E-state index in [4.69, 9.17) is 11.6 Å². The summed E-state index contributed by atoms with van der Waals surface area (Å²) in [5.41, 5.74) is 7.44. The average molecular weight is 383 g/mol. The minimum atomic E-state index is -0.0232. The van der Waals surface area contributed by atoms with Crippen LogP contribution in [0.25, 0.3) is 5.57 Å². The molecule has 0 bridgehead atoms. The van der Waals surface area contributed by atoms with Crippen LogP contribution in [0.1, 0.15) is 69.8 Å². The fourth-order valence-corrected chi connectivity index (χ4v) is 2.33. The fraction of sp³-hybridized carbons (Fsp3) is 0.500. The number of hydrogen-bond donors (Lipinski definition) is 1. The Labute approximate surface area is 166 Å². The molecule has 1 aromatic carbocycles. The molecule has 0 radical (unpaired) electrons. The van der Waals surface area contributed by atoms with Gasteiger partial charge >= 0.3 is 0 Å². The number of carbonyl (C=O) groups excluding carboxylic acids is 1. The molecule has 3 nitrogen and oxygen atoms in total. The van der Waals surface area contributed by atoms with Crippen LogP contribution in [0.4, 0.5) is 0 Å². The van der Waals surface area contributed by atoms with Gasteiger partial charge in [-0.15, -0.1) is 6.58 Å². The summed E-state index contributed by atoms with van der Waals surface area (Å²) in [6.45, 7) is 13.5. The van der Waals surface area contributed by atoms with Crippen molar-refractivity contribution in [3.05, 3.63) is 53.1 Å². The molecule has 150 valence electrons. The smallest absolute Gasteiger partial charge is 0.253 e. The van der Waals surface area contributed by atoms with Gasteiger partial charge in [-0.05, 0) is 50.1 Å². The van der Waals surface area contributed by atoms with E-state index in [0.29, 0.717) is 10.6 Å². The molecule has 26 heavy (non-hydrogen) atoms. The largest absolute Gasteiger partial charge is 0.345 e. The first kappa shape index (κ1) is 29.2. The van der Waals surface area contributed by atoms with E-state index in [9.17, 15) is 4.79 Å². The van der Waals surface area contributed by atoms with Crippen LogP contribution >= 0.6 is 11.6 Å². The van der Waals surface area contributed by atoms with Crippen LogP contribution < -0.4 is 5.73 Å². The van der Waals surface area contributed by atoms with Crippen LogP contribution in [-0.4, -0.2) is 32.0 Å². The quantitative estimate of drug-likeness (QED) is 0.596. The molecule has 1 aromatic rings. The number of rotatable bonds is 5. The van der Waals surface area contributed by atoms with E-state index in [-0.39, 0.29) is 5.91 Å². The first-order valence-corrected chi connectivity index (χ1v) is 9.65. The molecule has 0 fully saturated rings. The van der Waals surface area contributed by atoms with Crippen LogP contribution in [0.15, 0.2) is 36.9 Å². The van der Waals surface area contributed by atoms with Gasteiger partial charge in [0.1, 0.15) is 0 Å². The Hall–Kier alpha value is -1.58. The SMILES string of the molecule is C=CC.CC.CC/C=C(\CCC)c1ccc(C(=O)N(C)C)cc1Cl.CN. The topological polar surface area (TPSA) is 46.3 Å². The highest BCUT2D eigenvalue weighted by atomic mass is 35.5. The molecule has 0 atom stereocenters. The molecule has 0 unspecified atom stereocenters. The third-order valence-corrected chi connectivity index (χ3v) is 3.25. The second-order valence-electron chi connectivity index (χ2n) is 5.19. The van der Waals surface area contributed by atoms with Crippen molar-refractivity contribution in [3.8, 4) is 0 Å². The monoisotopic (exact) mass is 382 g/mol. The van der Waals surface area contributed by atoms with Crippen molar-refractivity contribution in [1.82, 2.24) is 4.90 Å². The van der Waals surface area contributed by atoms with Gasteiger partial charge in [-0.2, -0.15) is 0 Å². The van der Waals surface area contributed by atoms with Crippen LogP contribution in [0.3, 0.4) is 0 Å². The van der Waals surface area contributed by atoms with Crippen molar-refractivity contribution in [2.45, 2.75) is 53.9 Å². The number of halogens is 1. The summed E-state index contributed by atoms with van der Waals surface area (Å²) in [6, 6.07) is 5.57. The van der Waals surface area contributed by atoms with Gasteiger partial charge in [0.25, 0.3) is 5.91 Å². The zero-order valence-corrected chi connectivity index (χ0v) is 18.8. The number of benzene rings is 1. The Morgan fingerprint density at radius 2 is 1.73 bits per heavy atom. The molecular formula is C22H39ClN2O. The number of amides is 1. The van der Waals surface area contributed by atoms with Crippen LogP contribution in [0.5, 0.6) is 0 Å². The molecule has 0 aliphatic rings. The molecule has 0 spiro atoms. The van der Waals surface area contributed by atoms with E-state index in [0.717, 1.165) is 24.8 Å². The molecule has 2 N–H and O–H groups in total. The highest BCUT2D eigenvalue weighted by Crippen LogP contribution is 2.28. The number of allylic oxidation sites excluding steroid dienone is 3. The highest BCUT2D eigenvalue weighted by Gasteiger charge is 2.12. The molecule has 0 saturated carbocycles. The lowest BCUT2D eigenvalue weighted by molar-refractivity contribution is 0.0827. The maximum Gasteiger partial charge on any atom is 0.253 e. The van der Waals surface area contributed by atoms with E-state index < -0.39 is 0 Å². The minimum Gasteiger partial charge on any atom is -0.345 e. The second kappa shape index (κ2) is 19.7. The first-order chi connectivity index (χ1) is 12.4. The Morgan fingerprint density at radius 3 is 2.08 bits per heavy atom. The van der Waals surface area contributed by atoms with E-state index in [2.05, 4.69) is 32.2 Å². The molecular weight excluding hydrogens is 344 g/mol. The van der Waals surface area contributed by atoms with Crippen molar-refractivity contribution in [2.24, 2.45) is 5.73 Å². The molecule has 0 aromatic heterocycles. The zero-order valence-electron chi connectivity index (χ0n) is 18.0. The van der Waals surface area contributed by atoms with Crippen molar-refractivity contribution in [3.63, 3.8) is 0 Å². The predicted molar refractivity (Wildman–Crippen MR) is 120 cm³/mol. The van der Waals surface area contributed by atoms with Crippen molar-refractivity contribution >= 4 is 23.1 Å². The molecule has 0 saturated heterocycles. The summed E-state index contributed by atoms with van der Waals surface area (Å²) in [7, 11) is 4.98. The van der Waals surface area contributed by atoms with Crippen LogP contribution in [0.2, 0.25) is 5.02 Å². The lowest BCUT2D eigenvalue weighted by atomic mass is 9.99. The van der Waals surface area contributed by atoms with Gasteiger partial charge in [0.15, 0.2) is 0 Å². The average Bonchev–Trinajstić information content (AvgIpc) is 2.65. The summed E-state index contributed by atoms with van der Waals surface area (Å²) in [4.78, 5) is 13.4. The maximum absolute atomic E-state index is 11.9. The van der Waals surface area contributed by atoms with Gasteiger partial charge in [-0.1, -0.05) is 63.9 Å². The summed E-state index contributed by atoms with van der Waals surface area (Å²) in [5.74, 6) is -0.0232. The maximum atomic E-state index is 11.9. The number of hydrogen-bond acceptors (Lipinski definition) is 2. The zero-order chi connectivity index (χ0) is 21.1. The normalized spacial score (nSPS) is 9.38. The number of carbonyl (C=O) groups is 1. The first-order valence-electron chi connectivity index (χ1n) is 9.28. The van der Waals surface area contributed by atoms with E-state index >= 15 is 0 Å². The standard InChI is InChI=1S/C16H22ClNO.C3H6.C2H6.CH5N/c1-5-7-12(8-6-2)14-10-9-13(11-15(14)17)16(19)18(3)4;1-3-2;2*1-2/h7,9-11H,5-6,8H2,1-4H3;3H,1H2,2H3;1-2H3;2H2,1H3/b12-7+;;;. The molecule has 0 aliphatic carbocycles. The lowest BCUT2D eigenvalue weighted by Gasteiger charge is -2.13. The summed E-state index contributed by atoms with van der Waals surface area (Å²) >= 11 is 6.33. The highest BCUT2D eigenvalue weighted by molar-refractivity contribution is 6.32. The molecule has 0 heterocycles. The molecule has 1 amide bonds. The number of nitrogens with two attached hydrogens (primary N) is 1. The third kappa shape index (κ3) is 11.9. The molecule has 1 rings (SSSR count). The number of nitrogens with zero attached hydrogens (tertiary/aromatic N) is 1. The molecule has 0 aliphatic heterocycles. The second-order valence-corrected chi connectivity index (χ2v) is 5.60. The third-order valence-electron chi connectivity index (χ3n) is 2.94. The van der Waals surface area contributed by atoms with Crippen molar-refractivity contribution in [1.29, 1.82) is 0 Å². The van der Waals surface area contributed by atoms with Crippen molar-refractivity contribution < 1.29 is 4.79 Å². The lowest BCUT2D eigenvalue weighted by Crippen LogP contribution is -2.21. The van der Waals surface area contributed by atoms with Crippen molar-refractivity contribution in [2.75, 3.05) is 21.1 Å². The van der Waals surface area contributed by atoms with Gasteiger partial charge in [0, 0.05) is 24.7 Å². The summed E-state index contributed by atoms with van der Waals surface area (Å²) in [6.07, 6.45) is 7.04. The van der Waals surface area contributed by atoms with Gasteiger partial charge in [0.05, 0.1) is 0 Å². The Balaban J connectivity index is -0.000000663. The Bertz CT molecular complexity index is 523. The summed E-state index contributed by atoms with van der Waals surface area (Å²) < 4.78 is 0. The molecule has 4 heteroatoms. The van der Waals surface area contributed by atoms with Gasteiger partial charge in [-0.25, -0.2) is 0 Å². The minimum absolute atomic E-state index is 0.0232. The van der Waals surface area contributed by atoms with E-state index in [1.807, 2.05) is 32.9 Å². The Kier molecular flexibility index (Phi) is 22.2. The fourth-order valence-electron chi connectivity index (χ4n) is 2.03. The van der Waals surface area contributed by atoms with Gasteiger partial charge in [0.2, 0.25) is 0 Å². The van der Waals surface area contributed by atoms with Crippen LogP contribution in [-0.2, 0) is 0 Å². The van der Waals surface area contributed by atoms with Gasteiger partial charge in [-0.3, -0.25) is 4.79 Å².